The smallest absolute Gasteiger partial charge is 0.230 e. The maximum atomic E-state index is 13.7. The molecule has 2 saturated heterocycles. The monoisotopic (exact) mass is 525 g/mol. The summed E-state index contributed by atoms with van der Waals surface area (Å²) in [5, 5.41) is 11.7. The van der Waals surface area contributed by atoms with E-state index in [9.17, 15) is 9.18 Å². The van der Waals surface area contributed by atoms with E-state index in [-0.39, 0.29) is 38.1 Å². The van der Waals surface area contributed by atoms with E-state index in [1.807, 2.05) is 0 Å². The van der Waals surface area contributed by atoms with Crippen LogP contribution in [0.3, 0.4) is 0 Å². The van der Waals surface area contributed by atoms with Crippen molar-refractivity contribution < 1.29 is 23.8 Å². The summed E-state index contributed by atoms with van der Waals surface area (Å²) in [5.41, 5.74) is 1.64. The Labute approximate surface area is 220 Å². The molecule has 38 heavy (non-hydrogen) atoms. The normalized spacial score (nSPS) is 22.4. The van der Waals surface area contributed by atoms with E-state index in [2.05, 4.69) is 32.1 Å². The van der Waals surface area contributed by atoms with Crippen molar-refractivity contribution in [2.24, 2.45) is 5.41 Å². The molecule has 0 atom stereocenters. The molecule has 4 heterocycles. The Morgan fingerprint density at radius 3 is 2.55 bits per heavy atom. The summed E-state index contributed by atoms with van der Waals surface area (Å²) in [4.78, 5) is 34.3. The fourth-order valence-electron chi connectivity index (χ4n) is 4.43. The first-order valence-electron chi connectivity index (χ1n) is 12.6. The molecule has 3 N–H and O–H groups in total. The number of nitrogens with zero attached hydrogens (tertiary/aromatic N) is 5. The number of anilines is 1. The van der Waals surface area contributed by atoms with Crippen molar-refractivity contribution in [3.63, 3.8) is 0 Å². The maximum absolute atomic E-state index is 13.7. The number of aliphatic hydroxyl groups excluding tert-OH is 1. The lowest BCUT2D eigenvalue weighted by molar-refractivity contribution is -0.231. The Hall–Kier alpha value is -3.45. The van der Waals surface area contributed by atoms with Crippen molar-refractivity contribution in [2.75, 3.05) is 64.5 Å². The second kappa shape index (κ2) is 11.1. The van der Waals surface area contributed by atoms with Crippen LogP contribution in [0.4, 0.5) is 10.3 Å². The average molecular weight is 526 g/mol. The first kappa shape index (κ1) is 26.2. The molecule has 0 unspecified atom stereocenters. The number of nitrogens with one attached hydrogen (secondary N) is 2. The molecule has 5 rings (SSSR count). The highest BCUT2D eigenvalue weighted by molar-refractivity contribution is 5.82. The van der Waals surface area contributed by atoms with Gasteiger partial charge in [0, 0.05) is 44.5 Å². The zero-order valence-electron chi connectivity index (χ0n) is 21.5. The third-order valence-electron chi connectivity index (χ3n) is 6.80. The highest BCUT2D eigenvalue weighted by atomic mass is 19.1. The van der Waals surface area contributed by atoms with E-state index in [0.29, 0.717) is 34.4 Å². The Morgan fingerprint density at radius 2 is 1.87 bits per heavy atom. The fraction of sp³-hybridized carbons (Fsp3) is 0.462. The van der Waals surface area contributed by atoms with Gasteiger partial charge in [-0.2, -0.15) is 0 Å². The van der Waals surface area contributed by atoms with Gasteiger partial charge in [-0.15, -0.1) is 0 Å². The van der Waals surface area contributed by atoms with Gasteiger partial charge in [0.2, 0.25) is 18.1 Å². The van der Waals surface area contributed by atoms with E-state index in [0.717, 1.165) is 26.2 Å². The Bertz CT molecular complexity index is 1250. The number of imidazole rings is 1. The van der Waals surface area contributed by atoms with Crippen molar-refractivity contribution in [3.05, 3.63) is 48.2 Å². The van der Waals surface area contributed by atoms with Gasteiger partial charge in [0.25, 0.3) is 0 Å². The third-order valence-corrected chi connectivity index (χ3v) is 6.80. The van der Waals surface area contributed by atoms with Gasteiger partial charge >= 0.3 is 0 Å². The first-order chi connectivity index (χ1) is 18.4. The van der Waals surface area contributed by atoms with Crippen LogP contribution in [0.15, 0.2) is 36.5 Å². The molecule has 11 nitrogen and oxygen atoms in total. The highest BCUT2D eigenvalue weighted by Crippen LogP contribution is 2.35. The largest absolute Gasteiger partial charge is 0.395 e. The number of rotatable bonds is 7. The summed E-state index contributed by atoms with van der Waals surface area (Å²) in [7, 11) is 2.09. The second-order valence-corrected chi connectivity index (χ2v) is 9.88. The number of benzene rings is 1. The summed E-state index contributed by atoms with van der Waals surface area (Å²) in [6.45, 7) is 5.49. The maximum Gasteiger partial charge on any atom is 0.230 e. The molecule has 1 aromatic carbocycles. The number of carbonyl (C=O) groups excluding carboxylic acids is 1. The molecule has 0 radical (unpaired) electrons. The molecule has 2 fully saturated rings. The van der Waals surface area contributed by atoms with Crippen LogP contribution < -0.4 is 10.2 Å². The number of aromatic nitrogens is 4. The van der Waals surface area contributed by atoms with E-state index in [1.54, 1.807) is 31.3 Å². The Balaban J connectivity index is 1.43. The van der Waals surface area contributed by atoms with E-state index in [4.69, 9.17) is 24.5 Å². The standard InChI is InChI=1S/C26H32FN7O4/c1-26(24(36)28-9-14-35)15-37-23(38-16-26)22-31-20(17-3-5-18(27)6-4-17)21(32-22)19-7-8-29-25(30-19)34-12-10-33(2)11-13-34/h3-8,23,35H,9-16H2,1-2H3,(H,28,36)(H,31,32). The first-order valence-corrected chi connectivity index (χ1v) is 12.6. The quantitative estimate of drug-likeness (QED) is 0.421. The number of halogens is 1. The van der Waals surface area contributed by atoms with Gasteiger partial charge in [0.05, 0.1) is 42.3 Å². The SMILES string of the molecule is CN1CCN(c2nccc(-c3[nH]c(C4OCC(C)(C(=O)NCCO)CO4)nc3-c3ccc(F)cc3)n2)CC1. The van der Waals surface area contributed by atoms with Crippen LogP contribution >= 0.6 is 0 Å². The van der Waals surface area contributed by atoms with Gasteiger partial charge in [-0.25, -0.2) is 19.3 Å². The van der Waals surface area contributed by atoms with Gasteiger partial charge in [0.1, 0.15) is 5.82 Å². The van der Waals surface area contributed by atoms with Crippen LogP contribution in [-0.4, -0.2) is 95.4 Å². The van der Waals surface area contributed by atoms with E-state index >= 15 is 0 Å². The molecule has 0 bridgehead atoms. The van der Waals surface area contributed by atoms with Gasteiger partial charge < -0.3 is 34.7 Å². The third kappa shape index (κ3) is 5.53. The fourth-order valence-corrected chi connectivity index (χ4v) is 4.43. The van der Waals surface area contributed by atoms with Crippen molar-refractivity contribution in [1.82, 2.24) is 30.2 Å². The van der Waals surface area contributed by atoms with Gasteiger partial charge in [-0.1, -0.05) is 0 Å². The minimum absolute atomic E-state index is 0.109. The van der Waals surface area contributed by atoms with Crippen molar-refractivity contribution in [2.45, 2.75) is 13.2 Å². The molecular formula is C26H32FN7O4. The number of ether oxygens (including phenoxy) is 2. The number of carbonyl (C=O) groups is 1. The highest BCUT2D eigenvalue weighted by Gasteiger charge is 2.40. The van der Waals surface area contributed by atoms with Crippen LogP contribution in [-0.2, 0) is 14.3 Å². The Kier molecular flexibility index (Phi) is 7.65. The molecule has 202 valence electrons. The second-order valence-electron chi connectivity index (χ2n) is 9.88. The molecule has 0 saturated carbocycles. The lowest BCUT2D eigenvalue weighted by atomic mass is 9.91. The van der Waals surface area contributed by atoms with E-state index < -0.39 is 11.7 Å². The summed E-state index contributed by atoms with van der Waals surface area (Å²) >= 11 is 0. The molecule has 1 amide bonds. The van der Waals surface area contributed by atoms with Gasteiger partial charge in [-0.05, 0) is 44.3 Å². The van der Waals surface area contributed by atoms with Gasteiger partial charge in [0.15, 0.2) is 5.82 Å². The molecule has 0 aliphatic carbocycles. The summed E-state index contributed by atoms with van der Waals surface area (Å²) < 4.78 is 25.5. The molecule has 2 aliphatic heterocycles. The number of H-pyrrole nitrogens is 1. The summed E-state index contributed by atoms with van der Waals surface area (Å²) in [5.74, 6) is 0.446. The zero-order chi connectivity index (χ0) is 26.7. The molecule has 2 aromatic heterocycles. The van der Waals surface area contributed by atoms with E-state index in [1.165, 1.54) is 12.1 Å². The van der Waals surface area contributed by atoms with Crippen LogP contribution in [0, 0.1) is 11.2 Å². The average Bonchev–Trinajstić information content (AvgIpc) is 3.38. The topological polar surface area (TPSA) is 129 Å². The number of hydrogen-bond acceptors (Lipinski definition) is 9. The van der Waals surface area contributed by atoms with Crippen molar-refractivity contribution >= 4 is 11.9 Å². The lowest BCUT2D eigenvalue weighted by Crippen LogP contribution is -2.49. The number of amides is 1. The molecule has 12 heteroatoms. The molecule has 0 spiro atoms. The minimum Gasteiger partial charge on any atom is -0.395 e. The lowest BCUT2D eigenvalue weighted by Gasteiger charge is -2.35. The van der Waals surface area contributed by atoms with Crippen LogP contribution in [0.2, 0.25) is 0 Å². The summed E-state index contributed by atoms with van der Waals surface area (Å²) in [6.07, 6.45) is 0.884. The predicted molar refractivity (Wildman–Crippen MR) is 138 cm³/mol. The number of likely N-dealkylation sites (N-methyl/N-ethyl adjacent to an activating group) is 1. The minimum atomic E-state index is -0.898. The van der Waals surface area contributed by atoms with Crippen LogP contribution in [0.1, 0.15) is 19.0 Å². The van der Waals surface area contributed by atoms with Gasteiger partial charge in [-0.3, -0.25) is 4.79 Å². The number of piperazine rings is 1. The number of aliphatic hydroxyl groups is 1. The van der Waals surface area contributed by atoms with Crippen LogP contribution in [0.25, 0.3) is 22.6 Å². The molecule has 3 aromatic rings. The number of hydrogen-bond donors (Lipinski definition) is 3. The predicted octanol–water partition coefficient (Wildman–Crippen LogP) is 1.58. The summed E-state index contributed by atoms with van der Waals surface area (Å²) in [6, 6.07) is 7.88. The Morgan fingerprint density at radius 1 is 1.16 bits per heavy atom. The van der Waals surface area contributed by atoms with Crippen molar-refractivity contribution in [3.8, 4) is 22.6 Å². The number of aromatic amines is 1. The van der Waals surface area contributed by atoms with Crippen LogP contribution in [0.5, 0.6) is 0 Å². The molecular weight excluding hydrogens is 493 g/mol. The molecule has 2 aliphatic rings. The van der Waals surface area contributed by atoms with Crippen molar-refractivity contribution in [1.29, 1.82) is 0 Å². The zero-order valence-corrected chi connectivity index (χ0v) is 21.5.